The number of amides is 1. The van der Waals surface area contributed by atoms with Gasteiger partial charge in [-0.3, -0.25) is 4.79 Å². The van der Waals surface area contributed by atoms with Crippen LogP contribution in [0, 0.1) is 5.92 Å². The summed E-state index contributed by atoms with van der Waals surface area (Å²) in [7, 11) is 0. The van der Waals surface area contributed by atoms with Crippen molar-refractivity contribution in [3.05, 3.63) is 48.0 Å². The number of nitrogens with one attached hydrogen (secondary N) is 1. The summed E-state index contributed by atoms with van der Waals surface area (Å²) < 4.78 is 0. The number of aromatic nitrogens is 2. The molecule has 0 aliphatic rings. The Morgan fingerprint density at radius 3 is 2.29 bits per heavy atom. The molecule has 0 saturated carbocycles. The first kappa shape index (κ1) is 13.5. The van der Waals surface area contributed by atoms with Crippen molar-refractivity contribution in [2.24, 2.45) is 5.92 Å². The van der Waals surface area contributed by atoms with Crippen LogP contribution in [0.25, 0.3) is 22.1 Å². The zero-order valence-corrected chi connectivity index (χ0v) is 12.1. The molecule has 0 atom stereocenters. The van der Waals surface area contributed by atoms with E-state index in [1.54, 1.807) is 12.1 Å². The molecule has 0 saturated heterocycles. The molecule has 1 aromatic heterocycles. The molecule has 0 unspecified atom stereocenters. The Bertz CT molecular complexity index is 811. The lowest BCUT2D eigenvalue weighted by Gasteiger charge is -2.08. The number of nitrogens with zero attached hydrogens (tertiary/aromatic N) is 2. The number of para-hydroxylation sites is 2. The van der Waals surface area contributed by atoms with Crippen molar-refractivity contribution in [2.75, 3.05) is 6.54 Å². The molecule has 4 heteroatoms. The third-order valence-electron chi connectivity index (χ3n) is 3.27. The average Bonchev–Trinajstić information content (AvgIpc) is 2.50. The third kappa shape index (κ3) is 2.84. The predicted octanol–water partition coefficient (Wildman–Crippen LogP) is 3.17. The second kappa shape index (κ2) is 5.48. The highest BCUT2D eigenvalue weighted by atomic mass is 16.1. The van der Waals surface area contributed by atoms with Crippen LogP contribution in [-0.2, 0) is 0 Å². The normalized spacial score (nSPS) is 11.2. The van der Waals surface area contributed by atoms with Crippen LogP contribution in [0.5, 0.6) is 0 Å². The van der Waals surface area contributed by atoms with Crippen LogP contribution in [0.15, 0.2) is 42.5 Å². The third-order valence-corrected chi connectivity index (χ3v) is 3.27. The van der Waals surface area contributed by atoms with Crippen molar-refractivity contribution in [2.45, 2.75) is 13.8 Å². The first-order valence-electron chi connectivity index (χ1n) is 7.08. The Morgan fingerprint density at radius 1 is 1.00 bits per heavy atom. The molecular weight excluding hydrogens is 262 g/mol. The SMILES string of the molecule is CC(C)CNC(=O)c1ccc2nc3ccccc3nc2c1. The number of hydrogen-bond acceptors (Lipinski definition) is 3. The zero-order valence-electron chi connectivity index (χ0n) is 12.1. The maximum atomic E-state index is 12.1. The summed E-state index contributed by atoms with van der Waals surface area (Å²) in [6.45, 7) is 4.80. The van der Waals surface area contributed by atoms with Crippen LogP contribution in [0.1, 0.15) is 24.2 Å². The van der Waals surface area contributed by atoms with E-state index in [1.807, 2.05) is 30.3 Å². The minimum absolute atomic E-state index is 0.0689. The van der Waals surface area contributed by atoms with E-state index in [4.69, 9.17) is 0 Å². The molecular formula is C17H17N3O. The largest absolute Gasteiger partial charge is 0.352 e. The molecule has 0 spiro atoms. The first-order chi connectivity index (χ1) is 10.1. The fourth-order valence-electron chi connectivity index (χ4n) is 2.16. The van der Waals surface area contributed by atoms with Gasteiger partial charge in [0.1, 0.15) is 0 Å². The maximum Gasteiger partial charge on any atom is 0.251 e. The van der Waals surface area contributed by atoms with E-state index in [2.05, 4.69) is 29.1 Å². The summed E-state index contributed by atoms with van der Waals surface area (Å²) in [4.78, 5) is 21.2. The fraction of sp³-hybridized carbons (Fsp3) is 0.235. The molecule has 4 nitrogen and oxygen atoms in total. The maximum absolute atomic E-state index is 12.1. The van der Waals surface area contributed by atoms with Crippen LogP contribution in [0.3, 0.4) is 0 Å². The smallest absolute Gasteiger partial charge is 0.251 e. The van der Waals surface area contributed by atoms with Gasteiger partial charge >= 0.3 is 0 Å². The lowest BCUT2D eigenvalue weighted by atomic mass is 10.1. The molecule has 0 aliphatic heterocycles. The highest BCUT2D eigenvalue weighted by Crippen LogP contribution is 2.17. The van der Waals surface area contributed by atoms with Crippen LogP contribution in [0.4, 0.5) is 0 Å². The van der Waals surface area contributed by atoms with Gasteiger partial charge in [0.25, 0.3) is 5.91 Å². The average molecular weight is 279 g/mol. The Balaban J connectivity index is 1.99. The molecule has 3 rings (SSSR count). The molecule has 0 radical (unpaired) electrons. The van der Waals surface area contributed by atoms with Gasteiger partial charge < -0.3 is 5.32 Å². The number of fused-ring (bicyclic) bond motifs is 2. The Labute approximate surface area is 123 Å². The molecule has 1 N–H and O–H groups in total. The van der Waals surface area contributed by atoms with Gasteiger partial charge in [0.05, 0.1) is 22.1 Å². The van der Waals surface area contributed by atoms with Crippen molar-refractivity contribution >= 4 is 28.0 Å². The second-order valence-electron chi connectivity index (χ2n) is 5.52. The van der Waals surface area contributed by atoms with Crippen LogP contribution < -0.4 is 5.32 Å². The molecule has 21 heavy (non-hydrogen) atoms. The van der Waals surface area contributed by atoms with Gasteiger partial charge in [-0.2, -0.15) is 0 Å². The van der Waals surface area contributed by atoms with Gasteiger partial charge in [0.2, 0.25) is 0 Å². The number of carbonyl (C=O) groups excluding carboxylic acids is 1. The van der Waals surface area contributed by atoms with E-state index in [9.17, 15) is 4.79 Å². The van der Waals surface area contributed by atoms with Crippen molar-refractivity contribution in [1.82, 2.24) is 15.3 Å². The quantitative estimate of drug-likeness (QED) is 0.749. The van der Waals surface area contributed by atoms with Gasteiger partial charge in [-0.15, -0.1) is 0 Å². The van der Waals surface area contributed by atoms with Crippen LogP contribution >= 0.6 is 0 Å². The topological polar surface area (TPSA) is 54.9 Å². The van der Waals surface area contributed by atoms with Gasteiger partial charge in [-0.1, -0.05) is 26.0 Å². The molecule has 2 aromatic carbocycles. The number of rotatable bonds is 3. The summed E-state index contributed by atoms with van der Waals surface area (Å²) in [5, 5.41) is 2.91. The van der Waals surface area contributed by atoms with Crippen LogP contribution in [0.2, 0.25) is 0 Å². The Hall–Kier alpha value is -2.49. The standard InChI is InChI=1S/C17H17N3O/c1-11(2)10-18-17(21)12-7-8-15-16(9-12)20-14-6-4-3-5-13(14)19-15/h3-9,11H,10H2,1-2H3,(H,18,21). The van der Waals surface area contributed by atoms with Gasteiger partial charge in [-0.05, 0) is 36.2 Å². The van der Waals surface area contributed by atoms with Gasteiger partial charge in [0, 0.05) is 12.1 Å². The van der Waals surface area contributed by atoms with E-state index in [0.29, 0.717) is 18.0 Å². The molecule has 3 aromatic rings. The van der Waals surface area contributed by atoms with Crippen molar-refractivity contribution in [1.29, 1.82) is 0 Å². The highest BCUT2D eigenvalue weighted by Gasteiger charge is 2.08. The first-order valence-corrected chi connectivity index (χ1v) is 7.08. The van der Waals surface area contributed by atoms with E-state index < -0.39 is 0 Å². The van der Waals surface area contributed by atoms with Gasteiger partial charge in [-0.25, -0.2) is 9.97 Å². The summed E-state index contributed by atoms with van der Waals surface area (Å²) >= 11 is 0. The highest BCUT2D eigenvalue weighted by molar-refractivity contribution is 5.98. The summed E-state index contributed by atoms with van der Waals surface area (Å²) in [5.74, 6) is 0.360. The Morgan fingerprint density at radius 2 is 1.62 bits per heavy atom. The molecule has 1 amide bonds. The molecule has 0 bridgehead atoms. The van der Waals surface area contributed by atoms with Crippen molar-refractivity contribution < 1.29 is 4.79 Å². The van der Waals surface area contributed by atoms with E-state index in [-0.39, 0.29) is 5.91 Å². The lowest BCUT2D eigenvalue weighted by molar-refractivity contribution is 0.0949. The Kier molecular flexibility index (Phi) is 3.52. The lowest BCUT2D eigenvalue weighted by Crippen LogP contribution is -2.27. The van der Waals surface area contributed by atoms with Crippen molar-refractivity contribution in [3.63, 3.8) is 0 Å². The zero-order chi connectivity index (χ0) is 14.8. The predicted molar refractivity (Wildman–Crippen MR) is 84.2 cm³/mol. The molecule has 0 fully saturated rings. The molecule has 106 valence electrons. The molecule has 0 aliphatic carbocycles. The van der Waals surface area contributed by atoms with Crippen LogP contribution in [-0.4, -0.2) is 22.4 Å². The van der Waals surface area contributed by atoms with E-state index in [0.717, 1.165) is 22.1 Å². The minimum Gasteiger partial charge on any atom is -0.352 e. The molecule has 1 heterocycles. The fourth-order valence-corrected chi connectivity index (χ4v) is 2.16. The monoisotopic (exact) mass is 279 g/mol. The minimum atomic E-state index is -0.0689. The van der Waals surface area contributed by atoms with E-state index >= 15 is 0 Å². The summed E-state index contributed by atoms with van der Waals surface area (Å²) in [6, 6.07) is 13.2. The summed E-state index contributed by atoms with van der Waals surface area (Å²) in [6.07, 6.45) is 0. The number of hydrogen-bond donors (Lipinski definition) is 1. The summed E-state index contributed by atoms with van der Waals surface area (Å²) in [5.41, 5.74) is 3.86. The number of carbonyl (C=O) groups is 1. The van der Waals surface area contributed by atoms with E-state index in [1.165, 1.54) is 0 Å². The van der Waals surface area contributed by atoms with Gasteiger partial charge in [0.15, 0.2) is 0 Å². The van der Waals surface area contributed by atoms with Crippen molar-refractivity contribution in [3.8, 4) is 0 Å². The second-order valence-corrected chi connectivity index (χ2v) is 5.52. The number of benzene rings is 2.